The number of hydrogen-bond donors (Lipinski definition) is 1. The number of morpholine rings is 1. The first-order valence-corrected chi connectivity index (χ1v) is 9.66. The van der Waals surface area contributed by atoms with Crippen molar-refractivity contribution < 1.29 is 13.2 Å². The average molecular weight is 346 g/mol. The highest BCUT2D eigenvalue weighted by atomic mass is 32.2. The second kappa shape index (κ2) is 7.23. The Morgan fingerprint density at radius 3 is 2.50 bits per heavy atom. The third kappa shape index (κ3) is 4.27. The van der Waals surface area contributed by atoms with E-state index in [4.69, 9.17) is 4.74 Å². The van der Waals surface area contributed by atoms with E-state index in [0.29, 0.717) is 18.9 Å². The highest BCUT2D eigenvalue weighted by Crippen LogP contribution is 2.25. The summed E-state index contributed by atoms with van der Waals surface area (Å²) in [5.41, 5.74) is 3.33. The fourth-order valence-corrected chi connectivity index (χ4v) is 3.99. The molecule has 0 aliphatic carbocycles. The van der Waals surface area contributed by atoms with Crippen molar-refractivity contribution in [1.29, 1.82) is 0 Å². The van der Waals surface area contributed by atoms with E-state index in [-0.39, 0.29) is 5.75 Å². The first-order chi connectivity index (χ1) is 11.5. The predicted octanol–water partition coefficient (Wildman–Crippen LogP) is 2.77. The second-order valence-electron chi connectivity index (χ2n) is 5.95. The molecule has 0 bridgehead atoms. The molecule has 1 aliphatic rings. The molecule has 6 heteroatoms. The van der Waals surface area contributed by atoms with Crippen molar-refractivity contribution in [1.82, 2.24) is 0 Å². The Hall–Kier alpha value is -2.05. The Morgan fingerprint density at radius 2 is 1.79 bits per heavy atom. The SMILES string of the molecule is Cc1ccc(N2CCOCC2)cc1NS(=O)(=O)Cc1ccccc1. The summed E-state index contributed by atoms with van der Waals surface area (Å²) in [7, 11) is -3.45. The van der Waals surface area contributed by atoms with Crippen molar-refractivity contribution >= 4 is 21.4 Å². The van der Waals surface area contributed by atoms with Crippen LogP contribution in [0, 0.1) is 6.92 Å². The van der Waals surface area contributed by atoms with E-state index in [0.717, 1.165) is 29.9 Å². The molecule has 1 N–H and O–H groups in total. The molecule has 0 aromatic heterocycles. The molecule has 3 rings (SSSR count). The van der Waals surface area contributed by atoms with E-state index in [1.165, 1.54) is 0 Å². The maximum absolute atomic E-state index is 12.5. The average Bonchev–Trinajstić information content (AvgIpc) is 2.58. The highest BCUT2D eigenvalue weighted by Gasteiger charge is 2.16. The minimum Gasteiger partial charge on any atom is -0.378 e. The molecular formula is C18H22N2O3S. The normalized spacial score (nSPS) is 15.3. The van der Waals surface area contributed by atoms with Crippen LogP contribution in [-0.2, 0) is 20.5 Å². The molecule has 2 aromatic rings. The third-order valence-electron chi connectivity index (χ3n) is 4.06. The number of benzene rings is 2. The number of sulfonamides is 1. The fraction of sp³-hybridized carbons (Fsp3) is 0.333. The van der Waals surface area contributed by atoms with Gasteiger partial charge >= 0.3 is 0 Å². The summed E-state index contributed by atoms with van der Waals surface area (Å²) >= 11 is 0. The molecule has 0 spiro atoms. The number of nitrogens with one attached hydrogen (secondary N) is 1. The van der Waals surface area contributed by atoms with Crippen LogP contribution >= 0.6 is 0 Å². The first-order valence-electron chi connectivity index (χ1n) is 8.01. The Kier molecular flexibility index (Phi) is 5.06. The summed E-state index contributed by atoms with van der Waals surface area (Å²) in [4.78, 5) is 2.21. The zero-order valence-corrected chi connectivity index (χ0v) is 14.6. The molecule has 24 heavy (non-hydrogen) atoms. The van der Waals surface area contributed by atoms with E-state index < -0.39 is 10.0 Å². The van der Waals surface area contributed by atoms with Crippen LogP contribution in [0.5, 0.6) is 0 Å². The highest BCUT2D eigenvalue weighted by molar-refractivity contribution is 7.91. The van der Waals surface area contributed by atoms with Gasteiger partial charge in [0.25, 0.3) is 0 Å². The molecule has 2 aromatic carbocycles. The molecular weight excluding hydrogens is 324 g/mol. The van der Waals surface area contributed by atoms with Gasteiger partial charge in [-0.05, 0) is 30.2 Å². The van der Waals surface area contributed by atoms with Gasteiger partial charge < -0.3 is 9.64 Å². The largest absolute Gasteiger partial charge is 0.378 e. The monoisotopic (exact) mass is 346 g/mol. The summed E-state index contributed by atoms with van der Waals surface area (Å²) in [5, 5.41) is 0. The van der Waals surface area contributed by atoms with Crippen LogP contribution in [0.2, 0.25) is 0 Å². The summed E-state index contributed by atoms with van der Waals surface area (Å²) in [6.45, 7) is 4.94. The van der Waals surface area contributed by atoms with Crippen LogP contribution in [0.3, 0.4) is 0 Å². The van der Waals surface area contributed by atoms with Crippen LogP contribution in [0.4, 0.5) is 11.4 Å². The Balaban J connectivity index is 1.78. The van der Waals surface area contributed by atoms with Gasteiger partial charge in [-0.15, -0.1) is 0 Å². The summed E-state index contributed by atoms with van der Waals surface area (Å²) in [5.74, 6) is -0.0327. The first kappa shape index (κ1) is 16.8. The lowest BCUT2D eigenvalue weighted by atomic mass is 10.1. The van der Waals surface area contributed by atoms with E-state index in [1.54, 1.807) is 0 Å². The van der Waals surface area contributed by atoms with Gasteiger partial charge in [-0.3, -0.25) is 4.72 Å². The zero-order chi connectivity index (χ0) is 17.0. The molecule has 1 heterocycles. The van der Waals surface area contributed by atoms with Gasteiger partial charge in [-0.25, -0.2) is 8.42 Å². The molecule has 0 amide bonds. The van der Waals surface area contributed by atoms with E-state index >= 15 is 0 Å². The molecule has 0 unspecified atom stereocenters. The topological polar surface area (TPSA) is 58.6 Å². The summed E-state index contributed by atoms with van der Waals surface area (Å²) in [6.07, 6.45) is 0. The van der Waals surface area contributed by atoms with Crippen LogP contribution < -0.4 is 9.62 Å². The minimum atomic E-state index is -3.45. The third-order valence-corrected chi connectivity index (χ3v) is 5.31. The lowest BCUT2D eigenvalue weighted by Gasteiger charge is -2.29. The van der Waals surface area contributed by atoms with Gasteiger partial charge in [0.2, 0.25) is 10.0 Å². The minimum absolute atomic E-state index is 0.0327. The van der Waals surface area contributed by atoms with Gasteiger partial charge in [0.1, 0.15) is 0 Å². The van der Waals surface area contributed by atoms with Crippen molar-refractivity contribution in [2.75, 3.05) is 35.9 Å². The number of rotatable bonds is 5. The van der Waals surface area contributed by atoms with Gasteiger partial charge in [0, 0.05) is 18.8 Å². The summed E-state index contributed by atoms with van der Waals surface area (Å²) in [6, 6.07) is 15.1. The maximum atomic E-state index is 12.5. The van der Waals surface area contributed by atoms with Crippen LogP contribution in [0.15, 0.2) is 48.5 Å². The molecule has 5 nitrogen and oxygen atoms in total. The number of aryl methyl sites for hydroxylation is 1. The van der Waals surface area contributed by atoms with Gasteiger partial charge in [-0.1, -0.05) is 36.4 Å². The molecule has 128 valence electrons. The lowest BCUT2D eigenvalue weighted by Crippen LogP contribution is -2.36. The lowest BCUT2D eigenvalue weighted by molar-refractivity contribution is 0.122. The van der Waals surface area contributed by atoms with E-state index in [1.807, 2.05) is 55.5 Å². The smallest absolute Gasteiger partial charge is 0.236 e. The van der Waals surface area contributed by atoms with Crippen LogP contribution in [-0.4, -0.2) is 34.7 Å². The molecule has 1 aliphatic heterocycles. The standard InChI is InChI=1S/C18H22N2O3S/c1-15-7-8-17(20-9-11-23-12-10-20)13-18(15)19-24(21,22)14-16-5-3-2-4-6-16/h2-8,13,19H,9-12,14H2,1H3. The second-order valence-corrected chi connectivity index (χ2v) is 7.67. The zero-order valence-electron chi connectivity index (χ0n) is 13.7. The molecule has 0 saturated carbocycles. The van der Waals surface area contributed by atoms with Crippen LogP contribution in [0.25, 0.3) is 0 Å². The molecule has 0 radical (unpaired) electrons. The fourth-order valence-electron chi connectivity index (χ4n) is 2.74. The quantitative estimate of drug-likeness (QED) is 0.904. The van der Waals surface area contributed by atoms with Gasteiger partial charge in [0.05, 0.1) is 24.7 Å². The van der Waals surface area contributed by atoms with Gasteiger partial charge in [0.15, 0.2) is 0 Å². The van der Waals surface area contributed by atoms with Crippen molar-refractivity contribution in [2.24, 2.45) is 0 Å². The number of hydrogen-bond acceptors (Lipinski definition) is 4. The molecule has 1 saturated heterocycles. The number of anilines is 2. The van der Waals surface area contributed by atoms with E-state index in [2.05, 4.69) is 9.62 Å². The van der Waals surface area contributed by atoms with Crippen molar-refractivity contribution in [3.05, 3.63) is 59.7 Å². The maximum Gasteiger partial charge on any atom is 0.236 e. The Bertz CT molecular complexity index is 785. The van der Waals surface area contributed by atoms with Crippen molar-refractivity contribution in [3.8, 4) is 0 Å². The number of ether oxygens (including phenoxy) is 1. The Labute approximate surface area is 143 Å². The Morgan fingerprint density at radius 1 is 1.08 bits per heavy atom. The van der Waals surface area contributed by atoms with E-state index in [9.17, 15) is 8.42 Å². The van der Waals surface area contributed by atoms with Crippen LogP contribution in [0.1, 0.15) is 11.1 Å². The molecule has 1 fully saturated rings. The van der Waals surface area contributed by atoms with Crippen molar-refractivity contribution in [3.63, 3.8) is 0 Å². The predicted molar refractivity (Wildman–Crippen MR) is 96.9 cm³/mol. The number of nitrogens with zero attached hydrogens (tertiary/aromatic N) is 1. The summed E-state index contributed by atoms with van der Waals surface area (Å²) < 4.78 is 33.0. The van der Waals surface area contributed by atoms with Gasteiger partial charge in [-0.2, -0.15) is 0 Å². The molecule has 0 atom stereocenters. The van der Waals surface area contributed by atoms with Crippen molar-refractivity contribution in [2.45, 2.75) is 12.7 Å².